The van der Waals surface area contributed by atoms with Crippen molar-refractivity contribution in [3.63, 3.8) is 0 Å². The molecular formula is C23H27N3O. The Hall–Kier alpha value is -2.30. The molecule has 1 aromatic heterocycles. The summed E-state index contributed by atoms with van der Waals surface area (Å²) in [4.78, 5) is 5.92. The van der Waals surface area contributed by atoms with Gasteiger partial charge in [0.05, 0.1) is 12.1 Å². The molecule has 140 valence electrons. The van der Waals surface area contributed by atoms with Crippen molar-refractivity contribution in [2.45, 2.75) is 37.3 Å². The van der Waals surface area contributed by atoms with Gasteiger partial charge in [-0.2, -0.15) is 0 Å². The van der Waals surface area contributed by atoms with Crippen LogP contribution in [0.2, 0.25) is 0 Å². The maximum absolute atomic E-state index is 7.03. The Morgan fingerprint density at radius 3 is 2.81 bits per heavy atom. The Labute approximate surface area is 160 Å². The van der Waals surface area contributed by atoms with Gasteiger partial charge in [0, 0.05) is 35.6 Å². The molecule has 0 saturated carbocycles. The third kappa shape index (κ3) is 2.59. The highest BCUT2D eigenvalue weighted by Crippen LogP contribution is 2.47. The largest absolute Gasteiger partial charge is 0.494 e. The standard InChI is InChI=1S/C23H27N3O/c1-3-27-17-9-7-16(8-10-17)23(24)12-19-18-5-4-6-20-22(18)15(13-25-20)11-21(19)26(2)14-23/h4-10,13,19,21,25H,3,11-12,14,24H2,1-2H3/t19-,21+,23+/m0/s1. The Balaban J connectivity index is 1.54. The predicted octanol–water partition coefficient (Wildman–Crippen LogP) is 3.76. The number of ether oxygens (including phenoxy) is 1. The summed E-state index contributed by atoms with van der Waals surface area (Å²) in [7, 11) is 2.23. The lowest BCUT2D eigenvalue weighted by atomic mass is 9.68. The van der Waals surface area contributed by atoms with Gasteiger partial charge in [0.25, 0.3) is 0 Å². The molecule has 1 fully saturated rings. The van der Waals surface area contributed by atoms with Crippen LogP contribution in [0.4, 0.5) is 0 Å². The highest BCUT2D eigenvalue weighted by Gasteiger charge is 2.45. The summed E-state index contributed by atoms with van der Waals surface area (Å²) in [6, 6.07) is 15.5. The van der Waals surface area contributed by atoms with Crippen LogP contribution < -0.4 is 10.5 Å². The van der Waals surface area contributed by atoms with Crippen molar-refractivity contribution < 1.29 is 4.74 Å². The second kappa shape index (κ2) is 6.11. The normalized spacial score (nSPS) is 27.5. The second-order valence-electron chi connectivity index (χ2n) is 8.19. The zero-order chi connectivity index (χ0) is 18.6. The van der Waals surface area contributed by atoms with Crippen molar-refractivity contribution in [2.24, 2.45) is 5.73 Å². The number of rotatable bonds is 3. The van der Waals surface area contributed by atoms with Crippen molar-refractivity contribution in [1.29, 1.82) is 0 Å². The quantitative estimate of drug-likeness (QED) is 0.747. The summed E-state index contributed by atoms with van der Waals surface area (Å²) in [5, 5.41) is 1.42. The summed E-state index contributed by atoms with van der Waals surface area (Å²) in [6.45, 7) is 3.56. The Morgan fingerprint density at radius 2 is 2.04 bits per heavy atom. The van der Waals surface area contributed by atoms with Crippen molar-refractivity contribution in [3.05, 3.63) is 65.4 Å². The van der Waals surface area contributed by atoms with Gasteiger partial charge in [0.1, 0.15) is 5.75 Å². The number of nitrogens with two attached hydrogens (primary N) is 1. The van der Waals surface area contributed by atoms with Gasteiger partial charge in [-0.3, -0.25) is 0 Å². The molecule has 0 bridgehead atoms. The topological polar surface area (TPSA) is 54.3 Å². The van der Waals surface area contributed by atoms with Crippen LogP contribution >= 0.6 is 0 Å². The summed E-state index contributed by atoms with van der Waals surface area (Å²) in [6.07, 6.45) is 4.26. The molecule has 0 spiro atoms. The molecule has 2 aromatic carbocycles. The third-order valence-electron chi connectivity index (χ3n) is 6.53. The molecule has 2 heterocycles. The molecule has 0 unspecified atom stereocenters. The Bertz CT molecular complexity index is 977. The van der Waals surface area contributed by atoms with E-state index in [1.807, 2.05) is 19.1 Å². The number of aromatic amines is 1. The fourth-order valence-electron chi connectivity index (χ4n) is 5.32. The first-order chi connectivity index (χ1) is 13.1. The minimum Gasteiger partial charge on any atom is -0.494 e. The molecule has 3 atom stereocenters. The number of likely N-dealkylation sites (tertiary alicyclic amines) is 1. The van der Waals surface area contributed by atoms with Gasteiger partial charge in [-0.05, 0) is 61.7 Å². The van der Waals surface area contributed by atoms with Gasteiger partial charge in [0.2, 0.25) is 0 Å². The first-order valence-electron chi connectivity index (χ1n) is 9.90. The third-order valence-corrected chi connectivity index (χ3v) is 6.53. The lowest BCUT2D eigenvalue weighted by molar-refractivity contribution is 0.0913. The van der Waals surface area contributed by atoms with E-state index in [1.165, 1.54) is 27.6 Å². The van der Waals surface area contributed by atoms with E-state index in [1.54, 1.807) is 0 Å². The Morgan fingerprint density at radius 1 is 1.22 bits per heavy atom. The fourth-order valence-corrected chi connectivity index (χ4v) is 5.32. The highest BCUT2D eigenvalue weighted by atomic mass is 16.5. The van der Waals surface area contributed by atoms with E-state index in [-0.39, 0.29) is 5.54 Å². The van der Waals surface area contributed by atoms with Crippen LogP contribution in [0.5, 0.6) is 5.75 Å². The molecule has 1 aliphatic carbocycles. The van der Waals surface area contributed by atoms with E-state index in [2.05, 4.69) is 53.5 Å². The SMILES string of the molecule is CCOc1ccc([C@@]2(N)C[C@H]3c4cccc5[nH]cc(c45)C[C@H]3N(C)C2)cc1. The van der Waals surface area contributed by atoms with Crippen LogP contribution in [0.15, 0.2) is 48.7 Å². The van der Waals surface area contributed by atoms with Crippen molar-refractivity contribution in [2.75, 3.05) is 20.2 Å². The first kappa shape index (κ1) is 16.8. The minimum atomic E-state index is -0.351. The van der Waals surface area contributed by atoms with Gasteiger partial charge in [-0.1, -0.05) is 24.3 Å². The molecule has 3 N–H and O–H groups in total. The maximum Gasteiger partial charge on any atom is 0.119 e. The van der Waals surface area contributed by atoms with Crippen molar-refractivity contribution >= 4 is 10.9 Å². The smallest absolute Gasteiger partial charge is 0.119 e. The van der Waals surface area contributed by atoms with Gasteiger partial charge in [0.15, 0.2) is 0 Å². The van der Waals surface area contributed by atoms with Crippen molar-refractivity contribution in [3.8, 4) is 5.75 Å². The maximum atomic E-state index is 7.03. The molecule has 3 aromatic rings. The molecule has 4 heteroatoms. The highest BCUT2D eigenvalue weighted by molar-refractivity contribution is 5.88. The van der Waals surface area contributed by atoms with Gasteiger partial charge in [-0.25, -0.2) is 0 Å². The van der Waals surface area contributed by atoms with Crippen LogP contribution in [0, 0.1) is 0 Å². The average Bonchev–Trinajstić information content (AvgIpc) is 3.08. The van der Waals surface area contributed by atoms with E-state index >= 15 is 0 Å². The lowest BCUT2D eigenvalue weighted by Gasteiger charge is -2.50. The summed E-state index contributed by atoms with van der Waals surface area (Å²) < 4.78 is 5.60. The number of fused-ring (bicyclic) bond motifs is 2. The molecule has 1 saturated heterocycles. The zero-order valence-electron chi connectivity index (χ0n) is 16.0. The van der Waals surface area contributed by atoms with Gasteiger partial charge < -0.3 is 20.4 Å². The van der Waals surface area contributed by atoms with Crippen LogP contribution in [-0.4, -0.2) is 36.1 Å². The number of hydrogen-bond donors (Lipinski definition) is 2. The number of likely N-dealkylation sites (N-methyl/N-ethyl adjacent to an activating group) is 1. The molecule has 4 nitrogen and oxygen atoms in total. The molecular weight excluding hydrogens is 334 g/mol. The number of nitrogens with one attached hydrogen (secondary N) is 1. The number of aromatic nitrogens is 1. The number of H-pyrrole nitrogens is 1. The van der Waals surface area contributed by atoms with Crippen LogP contribution in [0.3, 0.4) is 0 Å². The van der Waals surface area contributed by atoms with E-state index in [9.17, 15) is 0 Å². The van der Waals surface area contributed by atoms with Crippen molar-refractivity contribution in [1.82, 2.24) is 9.88 Å². The van der Waals surface area contributed by atoms with Crippen LogP contribution in [-0.2, 0) is 12.0 Å². The molecule has 1 aliphatic heterocycles. The van der Waals surface area contributed by atoms with Crippen LogP contribution in [0.1, 0.15) is 36.0 Å². The number of piperidine rings is 1. The average molecular weight is 361 g/mol. The Kier molecular flexibility index (Phi) is 3.81. The fraction of sp³-hybridized carbons (Fsp3) is 0.391. The molecule has 27 heavy (non-hydrogen) atoms. The number of nitrogens with zero attached hydrogens (tertiary/aromatic N) is 1. The van der Waals surface area contributed by atoms with E-state index in [0.717, 1.165) is 25.1 Å². The number of benzene rings is 2. The van der Waals surface area contributed by atoms with E-state index in [4.69, 9.17) is 10.5 Å². The molecule has 5 rings (SSSR count). The van der Waals surface area contributed by atoms with Gasteiger partial charge in [-0.15, -0.1) is 0 Å². The van der Waals surface area contributed by atoms with Crippen LogP contribution in [0.25, 0.3) is 10.9 Å². The minimum absolute atomic E-state index is 0.351. The summed E-state index contributed by atoms with van der Waals surface area (Å²) in [5.74, 6) is 1.36. The molecule has 0 amide bonds. The second-order valence-corrected chi connectivity index (χ2v) is 8.19. The lowest BCUT2D eigenvalue weighted by Crippen LogP contribution is -2.58. The number of hydrogen-bond acceptors (Lipinski definition) is 3. The van der Waals surface area contributed by atoms with E-state index in [0.29, 0.717) is 18.6 Å². The monoisotopic (exact) mass is 361 g/mol. The first-order valence-corrected chi connectivity index (χ1v) is 9.90. The molecule has 0 radical (unpaired) electrons. The predicted molar refractivity (Wildman–Crippen MR) is 109 cm³/mol. The summed E-state index contributed by atoms with van der Waals surface area (Å²) >= 11 is 0. The zero-order valence-corrected chi connectivity index (χ0v) is 16.0. The summed E-state index contributed by atoms with van der Waals surface area (Å²) in [5.41, 5.74) is 12.0. The molecule has 2 aliphatic rings. The van der Waals surface area contributed by atoms with Gasteiger partial charge >= 0.3 is 0 Å². The van der Waals surface area contributed by atoms with E-state index < -0.39 is 0 Å².